The van der Waals surface area contributed by atoms with Crippen molar-refractivity contribution in [2.24, 2.45) is 0 Å². The number of rotatable bonds is 2. The lowest BCUT2D eigenvalue weighted by atomic mass is 10.2. The molecule has 0 fully saturated rings. The van der Waals surface area contributed by atoms with Crippen molar-refractivity contribution in [3.05, 3.63) is 62.3 Å². The molecule has 1 amide bonds. The number of halogens is 4. The predicted molar refractivity (Wildman–Crippen MR) is 78.5 cm³/mol. The molecule has 2 aromatic carbocycles. The van der Waals surface area contributed by atoms with Crippen LogP contribution in [0, 0.1) is 5.82 Å². The largest absolute Gasteiger partial charge is 0.321 e. The Morgan fingerprint density at radius 2 is 1.89 bits per heavy atom. The van der Waals surface area contributed by atoms with Gasteiger partial charge in [-0.25, -0.2) is 4.39 Å². The van der Waals surface area contributed by atoms with E-state index in [1.54, 1.807) is 12.1 Å². The number of carbonyl (C=O) groups is 1. The molecular formula is C13H7BrCl2FNO. The number of hydrogen-bond acceptors (Lipinski definition) is 1. The molecule has 0 radical (unpaired) electrons. The average Bonchev–Trinajstić information content (AvgIpc) is 2.32. The van der Waals surface area contributed by atoms with Crippen LogP contribution in [0.3, 0.4) is 0 Å². The highest BCUT2D eigenvalue weighted by molar-refractivity contribution is 9.10. The van der Waals surface area contributed by atoms with Gasteiger partial charge >= 0.3 is 0 Å². The minimum absolute atomic E-state index is 0.211. The summed E-state index contributed by atoms with van der Waals surface area (Å²) in [5, 5.41) is 3.21. The first-order valence-corrected chi connectivity index (χ1v) is 6.73. The van der Waals surface area contributed by atoms with E-state index in [1.165, 1.54) is 18.2 Å². The van der Waals surface area contributed by atoms with Crippen LogP contribution in [0.1, 0.15) is 10.4 Å². The van der Waals surface area contributed by atoms with Gasteiger partial charge in [-0.15, -0.1) is 0 Å². The molecule has 19 heavy (non-hydrogen) atoms. The van der Waals surface area contributed by atoms with Crippen LogP contribution in [-0.4, -0.2) is 5.91 Å². The summed E-state index contributed by atoms with van der Waals surface area (Å²) in [6.07, 6.45) is 0. The van der Waals surface area contributed by atoms with Crippen LogP contribution in [0.2, 0.25) is 10.0 Å². The van der Waals surface area contributed by atoms with Gasteiger partial charge in [0.15, 0.2) is 0 Å². The molecular weight excluding hydrogens is 356 g/mol. The average molecular weight is 363 g/mol. The normalized spacial score (nSPS) is 10.3. The van der Waals surface area contributed by atoms with Gasteiger partial charge in [0.05, 0.1) is 10.7 Å². The second-order valence-corrected chi connectivity index (χ2v) is 5.50. The number of amides is 1. The van der Waals surface area contributed by atoms with E-state index in [2.05, 4.69) is 21.2 Å². The second kappa shape index (κ2) is 5.90. The Balaban J connectivity index is 2.28. The lowest BCUT2D eigenvalue weighted by Crippen LogP contribution is -2.12. The molecule has 0 heterocycles. The maximum atomic E-state index is 13.1. The third kappa shape index (κ3) is 3.69. The van der Waals surface area contributed by atoms with Gasteiger partial charge in [0, 0.05) is 15.1 Å². The second-order valence-electron chi connectivity index (χ2n) is 3.74. The molecule has 2 rings (SSSR count). The Labute approximate surface area is 127 Å². The monoisotopic (exact) mass is 361 g/mol. The minimum atomic E-state index is -0.480. The van der Waals surface area contributed by atoms with Crippen LogP contribution in [0.5, 0.6) is 0 Å². The van der Waals surface area contributed by atoms with Gasteiger partial charge in [-0.3, -0.25) is 4.79 Å². The lowest BCUT2D eigenvalue weighted by molar-refractivity contribution is 0.102. The molecule has 0 aliphatic rings. The summed E-state index contributed by atoms with van der Waals surface area (Å²) >= 11 is 15.0. The van der Waals surface area contributed by atoms with Gasteiger partial charge in [-0.05, 0) is 36.4 Å². The fraction of sp³-hybridized carbons (Fsp3) is 0. The minimum Gasteiger partial charge on any atom is -0.321 e. The van der Waals surface area contributed by atoms with E-state index in [0.29, 0.717) is 15.1 Å². The molecule has 2 aromatic rings. The number of benzene rings is 2. The van der Waals surface area contributed by atoms with Crippen LogP contribution in [-0.2, 0) is 0 Å². The van der Waals surface area contributed by atoms with Gasteiger partial charge in [-0.2, -0.15) is 0 Å². The smallest absolute Gasteiger partial charge is 0.255 e. The van der Waals surface area contributed by atoms with Crippen molar-refractivity contribution >= 4 is 50.7 Å². The Bertz CT molecular complexity index is 628. The van der Waals surface area contributed by atoms with Crippen molar-refractivity contribution in [3.63, 3.8) is 0 Å². The van der Waals surface area contributed by atoms with Gasteiger partial charge < -0.3 is 5.32 Å². The Morgan fingerprint density at radius 1 is 1.16 bits per heavy atom. The molecule has 1 N–H and O–H groups in total. The zero-order valence-corrected chi connectivity index (χ0v) is 12.5. The van der Waals surface area contributed by atoms with Gasteiger partial charge in [0.1, 0.15) is 5.82 Å². The predicted octanol–water partition coefficient (Wildman–Crippen LogP) is 5.15. The van der Waals surface area contributed by atoms with Crippen LogP contribution in [0.4, 0.5) is 10.1 Å². The van der Waals surface area contributed by atoms with Gasteiger partial charge in [0.2, 0.25) is 0 Å². The molecule has 0 spiro atoms. The topological polar surface area (TPSA) is 29.1 Å². The summed E-state index contributed by atoms with van der Waals surface area (Å²) in [4.78, 5) is 12.0. The summed E-state index contributed by atoms with van der Waals surface area (Å²) in [5.74, 6) is -0.900. The van der Waals surface area contributed by atoms with Crippen LogP contribution < -0.4 is 5.32 Å². The first kappa shape index (κ1) is 14.3. The van der Waals surface area contributed by atoms with E-state index in [-0.39, 0.29) is 10.7 Å². The summed E-state index contributed by atoms with van der Waals surface area (Å²) < 4.78 is 13.8. The Hall–Kier alpha value is -1.10. The van der Waals surface area contributed by atoms with Gasteiger partial charge in [-0.1, -0.05) is 39.1 Å². The van der Waals surface area contributed by atoms with Crippen molar-refractivity contribution < 1.29 is 9.18 Å². The molecule has 2 nitrogen and oxygen atoms in total. The van der Waals surface area contributed by atoms with E-state index in [4.69, 9.17) is 23.2 Å². The van der Waals surface area contributed by atoms with E-state index in [9.17, 15) is 9.18 Å². The molecule has 98 valence electrons. The standard InChI is InChI=1S/C13H7BrCl2FNO/c14-8-3-7(4-9(15)5-8)13(19)18-12-6-10(17)1-2-11(12)16/h1-6H,(H,18,19). The summed E-state index contributed by atoms with van der Waals surface area (Å²) in [7, 11) is 0. The van der Waals surface area contributed by atoms with E-state index < -0.39 is 11.7 Å². The summed E-state index contributed by atoms with van der Waals surface area (Å²) in [5.41, 5.74) is 0.558. The quantitative estimate of drug-likeness (QED) is 0.786. The number of carbonyl (C=O) groups excluding carboxylic acids is 1. The molecule has 0 bridgehead atoms. The van der Waals surface area contributed by atoms with Crippen molar-refractivity contribution in [1.29, 1.82) is 0 Å². The van der Waals surface area contributed by atoms with E-state index >= 15 is 0 Å². The van der Waals surface area contributed by atoms with Crippen molar-refractivity contribution in [2.75, 3.05) is 5.32 Å². The fourth-order valence-electron chi connectivity index (χ4n) is 1.47. The van der Waals surface area contributed by atoms with E-state index in [1.807, 2.05) is 0 Å². The number of anilines is 1. The molecule has 0 saturated carbocycles. The van der Waals surface area contributed by atoms with Gasteiger partial charge in [0.25, 0.3) is 5.91 Å². The van der Waals surface area contributed by atoms with Crippen molar-refractivity contribution in [1.82, 2.24) is 0 Å². The number of nitrogens with one attached hydrogen (secondary N) is 1. The Kier molecular flexibility index (Phi) is 4.45. The van der Waals surface area contributed by atoms with Crippen molar-refractivity contribution in [3.8, 4) is 0 Å². The number of hydrogen-bond donors (Lipinski definition) is 1. The molecule has 0 unspecified atom stereocenters. The summed E-state index contributed by atoms with van der Waals surface area (Å²) in [6.45, 7) is 0. The fourth-order valence-corrected chi connectivity index (χ4v) is 2.50. The zero-order chi connectivity index (χ0) is 14.0. The summed E-state index contributed by atoms with van der Waals surface area (Å²) in [6, 6.07) is 8.52. The molecule has 0 aliphatic heterocycles. The highest BCUT2D eigenvalue weighted by Gasteiger charge is 2.10. The van der Waals surface area contributed by atoms with Crippen LogP contribution >= 0.6 is 39.1 Å². The molecule has 0 saturated heterocycles. The molecule has 0 atom stereocenters. The molecule has 0 aliphatic carbocycles. The van der Waals surface area contributed by atoms with E-state index in [0.717, 1.165) is 6.07 Å². The van der Waals surface area contributed by atoms with Crippen LogP contribution in [0.25, 0.3) is 0 Å². The Morgan fingerprint density at radius 3 is 2.58 bits per heavy atom. The lowest BCUT2D eigenvalue weighted by Gasteiger charge is -2.08. The SMILES string of the molecule is O=C(Nc1cc(F)ccc1Cl)c1cc(Cl)cc(Br)c1. The maximum absolute atomic E-state index is 13.1. The zero-order valence-electron chi connectivity index (χ0n) is 9.38. The van der Waals surface area contributed by atoms with Crippen molar-refractivity contribution in [2.45, 2.75) is 0 Å². The van der Waals surface area contributed by atoms with Crippen LogP contribution in [0.15, 0.2) is 40.9 Å². The first-order chi connectivity index (χ1) is 8.95. The third-order valence-electron chi connectivity index (χ3n) is 2.30. The maximum Gasteiger partial charge on any atom is 0.255 e. The molecule has 6 heteroatoms. The highest BCUT2D eigenvalue weighted by Crippen LogP contribution is 2.24. The first-order valence-electron chi connectivity index (χ1n) is 5.18. The highest BCUT2D eigenvalue weighted by atomic mass is 79.9. The third-order valence-corrected chi connectivity index (χ3v) is 3.31. The molecule has 0 aromatic heterocycles.